The highest BCUT2D eigenvalue weighted by Gasteiger charge is 2.37. The fourth-order valence-electron chi connectivity index (χ4n) is 3.30. The highest BCUT2D eigenvalue weighted by Crippen LogP contribution is 2.38. The first kappa shape index (κ1) is 14.3. The van der Waals surface area contributed by atoms with Gasteiger partial charge in [-0.3, -0.25) is 0 Å². The third-order valence-corrected chi connectivity index (χ3v) is 4.69. The molecule has 0 bridgehead atoms. The molecule has 4 rings (SSSR count). The molecule has 1 saturated heterocycles. The molecule has 6 nitrogen and oxygen atoms in total. The van der Waals surface area contributed by atoms with Crippen LogP contribution in [0.15, 0.2) is 29.0 Å². The molecule has 120 valence electrons. The van der Waals surface area contributed by atoms with Gasteiger partial charge in [-0.15, -0.1) is 0 Å². The van der Waals surface area contributed by atoms with Gasteiger partial charge in [0.15, 0.2) is 0 Å². The Bertz CT molecular complexity index is 819. The minimum Gasteiger partial charge on any atom is -0.464 e. The Kier molecular flexibility index (Phi) is 3.34. The first-order valence-electron chi connectivity index (χ1n) is 7.82. The number of rotatable bonds is 3. The van der Waals surface area contributed by atoms with Crippen LogP contribution < -0.4 is 4.90 Å². The molecule has 2 atom stereocenters. The average Bonchev–Trinajstić information content (AvgIpc) is 3.25. The quantitative estimate of drug-likeness (QED) is 0.805. The Morgan fingerprint density at radius 3 is 2.96 bits per heavy atom. The molecule has 0 aliphatic carbocycles. The van der Waals surface area contributed by atoms with Gasteiger partial charge >= 0.3 is 0 Å². The third kappa shape index (κ3) is 2.30. The van der Waals surface area contributed by atoms with Crippen LogP contribution in [-0.2, 0) is 4.74 Å². The number of anilines is 1. The van der Waals surface area contributed by atoms with Crippen molar-refractivity contribution in [3.05, 3.63) is 41.8 Å². The van der Waals surface area contributed by atoms with Gasteiger partial charge in [0.2, 0.25) is 0 Å². The Hall–Kier alpha value is -2.34. The Balaban J connectivity index is 1.79. The molecule has 0 radical (unpaired) electrons. The number of nitrogens with one attached hydrogen (secondary N) is 1. The molecular weight excluding hydrogens is 292 g/mol. The van der Waals surface area contributed by atoms with Crippen molar-refractivity contribution in [1.82, 2.24) is 15.0 Å². The number of furan rings is 1. The second kappa shape index (κ2) is 5.38. The van der Waals surface area contributed by atoms with E-state index in [1.54, 1.807) is 19.6 Å². The van der Waals surface area contributed by atoms with Crippen molar-refractivity contribution in [2.24, 2.45) is 0 Å². The minimum absolute atomic E-state index is 0.125. The van der Waals surface area contributed by atoms with Crippen LogP contribution in [0.3, 0.4) is 0 Å². The maximum absolute atomic E-state index is 5.61. The highest BCUT2D eigenvalue weighted by molar-refractivity contribution is 5.88. The Labute approximate surface area is 134 Å². The Morgan fingerprint density at radius 1 is 1.35 bits per heavy atom. The van der Waals surface area contributed by atoms with Gasteiger partial charge in [-0.05, 0) is 26.0 Å². The van der Waals surface area contributed by atoms with Crippen LogP contribution in [0.2, 0.25) is 0 Å². The van der Waals surface area contributed by atoms with E-state index in [9.17, 15) is 0 Å². The number of H-pyrrole nitrogens is 1. The summed E-state index contributed by atoms with van der Waals surface area (Å²) in [6.07, 6.45) is 4.54. The van der Waals surface area contributed by atoms with E-state index in [0.717, 1.165) is 47.0 Å². The molecule has 1 aliphatic heterocycles. The van der Waals surface area contributed by atoms with Gasteiger partial charge in [-0.25, -0.2) is 9.97 Å². The summed E-state index contributed by atoms with van der Waals surface area (Å²) in [5, 5.41) is 1.02. The summed E-state index contributed by atoms with van der Waals surface area (Å²) in [5.74, 6) is 1.90. The topological polar surface area (TPSA) is 67.2 Å². The van der Waals surface area contributed by atoms with E-state index in [0.29, 0.717) is 0 Å². The SMILES string of the molecule is CO[C@@H]1C[C@@H](c2nc(C)c(C)[nH]2)N(c2nccc3occc23)C1. The molecule has 0 unspecified atom stereocenters. The van der Waals surface area contributed by atoms with Gasteiger partial charge in [0.1, 0.15) is 17.2 Å². The zero-order chi connectivity index (χ0) is 16.0. The van der Waals surface area contributed by atoms with Crippen molar-refractivity contribution in [2.45, 2.75) is 32.4 Å². The van der Waals surface area contributed by atoms with E-state index < -0.39 is 0 Å². The molecule has 0 aromatic carbocycles. The molecule has 23 heavy (non-hydrogen) atoms. The maximum Gasteiger partial charge on any atom is 0.140 e. The molecule has 4 heterocycles. The van der Waals surface area contributed by atoms with Gasteiger partial charge in [-0.1, -0.05) is 0 Å². The summed E-state index contributed by atoms with van der Waals surface area (Å²) in [6, 6.07) is 3.98. The molecule has 6 heteroatoms. The molecule has 0 amide bonds. The molecule has 3 aromatic rings. The smallest absolute Gasteiger partial charge is 0.140 e. The van der Waals surface area contributed by atoms with E-state index in [2.05, 4.69) is 14.9 Å². The number of aromatic amines is 1. The molecule has 3 aromatic heterocycles. The summed E-state index contributed by atoms with van der Waals surface area (Å²) in [6.45, 7) is 4.86. The number of aromatic nitrogens is 3. The van der Waals surface area contributed by atoms with E-state index in [1.165, 1.54) is 0 Å². The highest BCUT2D eigenvalue weighted by atomic mass is 16.5. The van der Waals surface area contributed by atoms with Gasteiger partial charge in [-0.2, -0.15) is 0 Å². The predicted octanol–water partition coefficient (Wildman–Crippen LogP) is 3.13. The van der Waals surface area contributed by atoms with Crippen LogP contribution in [0.1, 0.15) is 29.7 Å². The van der Waals surface area contributed by atoms with Crippen molar-refractivity contribution in [3.8, 4) is 0 Å². The first-order valence-corrected chi connectivity index (χ1v) is 7.82. The molecule has 1 fully saturated rings. The number of aryl methyl sites for hydroxylation is 2. The number of methoxy groups -OCH3 is 1. The summed E-state index contributed by atoms with van der Waals surface area (Å²) in [4.78, 5) is 15.0. The summed E-state index contributed by atoms with van der Waals surface area (Å²) >= 11 is 0. The van der Waals surface area contributed by atoms with Gasteiger partial charge in [0.05, 0.1) is 29.5 Å². The second-order valence-corrected chi connectivity index (χ2v) is 6.06. The van der Waals surface area contributed by atoms with Gasteiger partial charge in [0, 0.05) is 32.0 Å². The largest absolute Gasteiger partial charge is 0.464 e. The lowest BCUT2D eigenvalue weighted by Gasteiger charge is -2.24. The number of ether oxygens (including phenoxy) is 1. The first-order chi connectivity index (χ1) is 11.2. The van der Waals surface area contributed by atoms with E-state index in [-0.39, 0.29) is 12.1 Å². The predicted molar refractivity (Wildman–Crippen MR) is 87.6 cm³/mol. The molecule has 1 aliphatic rings. The normalized spacial score (nSPS) is 21.4. The molecular formula is C17H20N4O2. The number of nitrogens with zero attached hydrogens (tertiary/aromatic N) is 3. The monoisotopic (exact) mass is 312 g/mol. The molecule has 0 saturated carbocycles. The van der Waals surface area contributed by atoms with E-state index >= 15 is 0 Å². The number of fused-ring (bicyclic) bond motifs is 1. The fourth-order valence-corrected chi connectivity index (χ4v) is 3.30. The van der Waals surface area contributed by atoms with Crippen LogP contribution >= 0.6 is 0 Å². The number of hydrogen-bond acceptors (Lipinski definition) is 5. The zero-order valence-corrected chi connectivity index (χ0v) is 13.5. The van der Waals surface area contributed by atoms with Crippen molar-refractivity contribution >= 4 is 16.8 Å². The number of hydrogen-bond donors (Lipinski definition) is 1. The van der Waals surface area contributed by atoms with Gasteiger partial charge in [0.25, 0.3) is 0 Å². The van der Waals surface area contributed by atoms with Crippen molar-refractivity contribution in [3.63, 3.8) is 0 Å². The van der Waals surface area contributed by atoms with E-state index in [1.807, 2.05) is 26.0 Å². The van der Waals surface area contributed by atoms with Crippen LogP contribution in [-0.4, -0.2) is 34.7 Å². The fraction of sp³-hybridized carbons (Fsp3) is 0.412. The summed E-state index contributed by atoms with van der Waals surface area (Å²) in [7, 11) is 1.76. The molecule has 1 N–H and O–H groups in total. The van der Waals surface area contributed by atoms with Crippen LogP contribution in [0.4, 0.5) is 5.82 Å². The van der Waals surface area contributed by atoms with Crippen LogP contribution in [0.25, 0.3) is 11.0 Å². The van der Waals surface area contributed by atoms with Crippen molar-refractivity contribution in [2.75, 3.05) is 18.6 Å². The zero-order valence-electron chi connectivity index (χ0n) is 13.5. The maximum atomic E-state index is 5.61. The number of pyridine rings is 1. The Morgan fingerprint density at radius 2 is 2.22 bits per heavy atom. The lowest BCUT2D eigenvalue weighted by molar-refractivity contribution is 0.118. The lowest BCUT2D eigenvalue weighted by atomic mass is 10.2. The van der Waals surface area contributed by atoms with Crippen molar-refractivity contribution in [1.29, 1.82) is 0 Å². The standard InChI is InChI=1S/C17H20N4O2/c1-10-11(2)20-16(19-10)14-8-12(22-3)9-21(14)17-13-5-7-23-15(13)4-6-18-17/h4-7,12,14H,8-9H2,1-3H3,(H,19,20)/t12-,14+/m1/s1. The molecule has 0 spiro atoms. The minimum atomic E-state index is 0.125. The number of imidazole rings is 1. The average molecular weight is 312 g/mol. The van der Waals surface area contributed by atoms with Crippen LogP contribution in [0.5, 0.6) is 0 Å². The van der Waals surface area contributed by atoms with E-state index in [4.69, 9.17) is 14.1 Å². The second-order valence-electron chi connectivity index (χ2n) is 6.06. The van der Waals surface area contributed by atoms with Crippen LogP contribution in [0, 0.1) is 13.8 Å². The summed E-state index contributed by atoms with van der Waals surface area (Å²) < 4.78 is 11.1. The van der Waals surface area contributed by atoms with Crippen molar-refractivity contribution < 1.29 is 9.15 Å². The third-order valence-electron chi connectivity index (χ3n) is 4.69. The van der Waals surface area contributed by atoms with Gasteiger partial charge < -0.3 is 19.0 Å². The summed E-state index contributed by atoms with van der Waals surface area (Å²) in [5.41, 5.74) is 2.99. The lowest BCUT2D eigenvalue weighted by Crippen LogP contribution is -2.26.